The molecule has 2 aliphatic rings. The Hall–Kier alpha value is -3.30. The van der Waals surface area contributed by atoms with Crippen molar-refractivity contribution in [1.29, 1.82) is 0 Å². The van der Waals surface area contributed by atoms with Crippen LogP contribution in [0, 0.1) is 5.82 Å². The number of rotatable bonds is 5. The number of piperidine rings is 1. The molecule has 2 aliphatic heterocycles. The van der Waals surface area contributed by atoms with Gasteiger partial charge >= 0.3 is 0 Å². The maximum Gasteiger partial charge on any atom is 0.167 e. The largest absolute Gasteiger partial charge is 0.494 e. The van der Waals surface area contributed by atoms with E-state index in [1.54, 1.807) is 12.3 Å². The number of halogens is 1. The first kappa shape index (κ1) is 23.1. The van der Waals surface area contributed by atoms with E-state index in [1.807, 2.05) is 23.0 Å². The molecule has 3 aromatic heterocycles. The number of methoxy groups -OCH3 is 1. The summed E-state index contributed by atoms with van der Waals surface area (Å²) in [7, 11) is 1.47. The molecule has 0 amide bonds. The van der Waals surface area contributed by atoms with E-state index in [0.717, 1.165) is 47.5 Å². The van der Waals surface area contributed by atoms with E-state index in [4.69, 9.17) is 9.72 Å². The van der Waals surface area contributed by atoms with Crippen molar-refractivity contribution in [2.24, 2.45) is 0 Å². The lowest BCUT2D eigenvalue weighted by atomic mass is 10.0. The summed E-state index contributed by atoms with van der Waals surface area (Å²) in [6.07, 6.45) is 9.87. The molecule has 1 aromatic carbocycles. The van der Waals surface area contributed by atoms with Crippen molar-refractivity contribution < 1.29 is 9.13 Å². The Morgan fingerprint density at radius 2 is 1.81 bits per heavy atom. The van der Waals surface area contributed by atoms with Gasteiger partial charge in [-0.2, -0.15) is 5.10 Å². The topological polar surface area (TPSA) is 62.0 Å². The third-order valence-electron chi connectivity index (χ3n) is 7.85. The number of piperazine rings is 1. The minimum atomic E-state index is -0.427. The molecular formula is C27H32FN7O. The first-order chi connectivity index (χ1) is 17.6. The van der Waals surface area contributed by atoms with Gasteiger partial charge < -0.3 is 14.5 Å². The number of aromatic nitrogens is 4. The third-order valence-corrected chi connectivity index (χ3v) is 7.85. The molecule has 5 heterocycles. The molecule has 0 N–H and O–H groups in total. The lowest BCUT2D eigenvalue weighted by Gasteiger charge is -2.43. The monoisotopic (exact) mass is 489 g/mol. The fourth-order valence-corrected chi connectivity index (χ4v) is 5.69. The molecule has 0 atom stereocenters. The van der Waals surface area contributed by atoms with Crippen LogP contribution in [0.15, 0.2) is 43.0 Å². The molecule has 0 aliphatic carbocycles. The molecule has 188 valence electrons. The number of hydrogen-bond donors (Lipinski definition) is 0. The van der Waals surface area contributed by atoms with E-state index in [9.17, 15) is 4.39 Å². The van der Waals surface area contributed by atoms with Gasteiger partial charge in [-0.15, -0.1) is 0 Å². The molecule has 9 heteroatoms. The van der Waals surface area contributed by atoms with Gasteiger partial charge in [0.05, 0.1) is 36.9 Å². The van der Waals surface area contributed by atoms with Crippen LogP contribution in [-0.2, 0) is 0 Å². The smallest absolute Gasteiger partial charge is 0.167 e. The molecule has 8 nitrogen and oxygen atoms in total. The Morgan fingerprint density at radius 1 is 1.00 bits per heavy atom. The van der Waals surface area contributed by atoms with Crippen molar-refractivity contribution in [2.75, 3.05) is 57.8 Å². The number of nitrogens with zero attached hydrogens (tertiary/aromatic N) is 7. The highest BCUT2D eigenvalue weighted by Crippen LogP contribution is 2.34. The highest BCUT2D eigenvalue weighted by molar-refractivity contribution is 5.98. The molecule has 0 radical (unpaired) electrons. The van der Waals surface area contributed by atoms with Crippen LogP contribution in [0.3, 0.4) is 0 Å². The zero-order chi connectivity index (χ0) is 24.6. The SMILES string of the molecule is CCN1CCN(C2CCN(c3cnc4c(-c5ccnc6cc(F)c(OC)cc56)cnn4c3)CC2)CC1. The van der Waals surface area contributed by atoms with Crippen LogP contribution in [-0.4, -0.2) is 88.3 Å². The standard InChI is InChI=1S/C27H32FN7O/c1-3-32-10-12-34(13-11-32)19-5-8-33(9-6-19)20-16-30-27-23(17-31-35(27)18-20)21-4-7-29-25-15-24(28)26(36-2)14-22(21)25/h4,7,14-19H,3,5-6,8-13H2,1-2H3. The summed E-state index contributed by atoms with van der Waals surface area (Å²) in [4.78, 5) is 16.8. The van der Waals surface area contributed by atoms with E-state index in [-0.39, 0.29) is 5.75 Å². The summed E-state index contributed by atoms with van der Waals surface area (Å²) >= 11 is 0. The Balaban J connectivity index is 1.22. The lowest BCUT2D eigenvalue weighted by molar-refractivity contribution is 0.0878. The maximum absolute atomic E-state index is 14.2. The Kier molecular flexibility index (Phi) is 6.18. The Labute approximate surface area is 210 Å². The molecule has 0 saturated carbocycles. The third kappa shape index (κ3) is 4.16. The van der Waals surface area contributed by atoms with Crippen molar-refractivity contribution in [3.05, 3.63) is 48.8 Å². The average molecular weight is 490 g/mol. The van der Waals surface area contributed by atoms with Crippen LogP contribution in [0.5, 0.6) is 5.75 Å². The summed E-state index contributed by atoms with van der Waals surface area (Å²) in [6.45, 7) is 10.2. The summed E-state index contributed by atoms with van der Waals surface area (Å²) in [5, 5.41) is 5.41. The van der Waals surface area contributed by atoms with Crippen LogP contribution in [0.25, 0.3) is 27.7 Å². The van der Waals surface area contributed by atoms with Crippen molar-refractivity contribution in [3.63, 3.8) is 0 Å². The molecule has 4 aromatic rings. The summed E-state index contributed by atoms with van der Waals surface area (Å²) < 4.78 is 21.3. The molecule has 36 heavy (non-hydrogen) atoms. The zero-order valence-electron chi connectivity index (χ0n) is 20.9. The summed E-state index contributed by atoms with van der Waals surface area (Å²) in [5.74, 6) is -0.233. The summed E-state index contributed by atoms with van der Waals surface area (Å²) in [6, 6.07) is 5.69. The number of fused-ring (bicyclic) bond motifs is 2. The predicted molar refractivity (Wildman–Crippen MR) is 139 cm³/mol. The fourth-order valence-electron chi connectivity index (χ4n) is 5.69. The first-order valence-corrected chi connectivity index (χ1v) is 12.8. The lowest BCUT2D eigenvalue weighted by Crippen LogP contribution is -2.53. The highest BCUT2D eigenvalue weighted by Gasteiger charge is 2.27. The van der Waals surface area contributed by atoms with Crippen LogP contribution in [0.2, 0.25) is 0 Å². The highest BCUT2D eigenvalue weighted by atomic mass is 19.1. The van der Waals surface area contributed by atoms with Crippen LogP contribution < -0.4 is 9.64 Å². The normalized spacial score (nSPS) is 18.4. The van der Waals surface area contributed by atoms with Crippen molar-refractivity contribution in [1.82, 2.24) is 29.4 Å². The fraction of sp³-hybridized carbons (Fsp3) is 0.444. The van der Waals surface area contributed by atoms with Gasteiger partial charge in [-0.1, -0.05) is 6.92 Å². The van der Waals surface area contributed by atoms with Crippen molar-refractivity contribution in [2.45, 2.75) is 25.8 Å². The molecular weight excluding hydrogens is 457 g/mol. The number of pyridine rings is 1. The average Bonchev–Trinajstić information content (AvgIpc) is 3.35. The second-order valence-electron chi connectivity index (χ2n) is 9.69. The molecule has 0 bridgehead atoms. The van der Waals surface area contributed by atoms with Crippen LogP contribution >= 0.6 is 0 Å². The number of benzene rings is 1. The molecule has 6 rings (SSSR count). The molecule has 2 fully saturated rings. The van der Waals surface area contributed by atoms with Gasteiger partial charge in [-0.3, -0.25) is 9.88 Å². The number of hydrogen-bond acceptors (Lipinski definition) is 7. The summed E-state index contributed by atoms with van der Waals surface area (Å²) in [5.41, 5.74) is 4.21. The van der Waals surface area contributed by atoms with Gasteiger partial charge in [-0.25, -0.2) is 13.9 Å². The van der Waals surface area contributed by atoms with E-state index < -0.39 is 5.82 Å². The second-order valence-corrected chi connectivity index (χ2v) is 9.69. The zero-order valence-corrected chi connectivity index (χ0v) is 20.9. The maximum atomic E-state index is 14.2. The first-order valence-electron chi connectivity index (χ1n) is 12.8. The van der Waals surface area contributed by atoms with Gasteiger partial charge in [0.15, 0.2) is 17.2 Å². The van der Waals surface area contributed by atoms with Gasteiger partial charge in [-0.05, 0) is 37.1 Å². The van der Waals surface area contributed by atoms with Crippen LogP contribution in [0.1, 0.15) is 19.8 Å². The minimum Gasteiger partial charge on any atom is -0.494 e. The minimum absolute atomic E-state index is 0.194. The van der Waals surface area contributed by atoms with E-state index >= 15 is 0 Å². The quantitative estimate of drug-likeness (QED) is 0.424. The van der Waals surface area contributed by atoms with Crippen molar-refractivity contribution >= 4 is 22.2 Å². The number of anilines is 1. The van der Waals surface area contributed by atoms with E-state index in [2.05, 4.69) is 37.9 Å². The number of ether oxygens (including phenoxy) is 1. The second kappa shape index (κ2) is 9.63. The van der Waals surface area contributed by atoms with Gasteiger partial charge in [0.1, 0.15) is 0 Å². The predicted octanol–water partition coefficient (Wildman–Crippen LogP) is 3.70. The van der Waals surface area contributed by atoms with Gasteiger partial charge in [0.25, 0.3) is 0 Å². The van der Waals surface area contributed by atoms with E-state index in [0.29, 0.717) is 11.6 Å². The van der Waals surface area contributed by atoms with Crippen molar-refractivity contribution in [3.8, 4) is 16.9 Å². The Bertz CT molecular complexity index is 1370. The van der Waals surface area contributed by atoms with Gasteiger partial charge in [0.2, 0.25) is 0 Å². The van der Waals surface area contributed by atoms with E-state index in [1.165, 1.54) is 52.2 Å². The number of likely N-dealkylation sites (N-methyl/N-ethyl adjacent to an activating group) is 1. The Morgan fingerprint density at radius 3 is 2.56 bits per heavy atom. The van der Waals surface area contributed by atoms with Crippen LogP contribution in [0.4, 0.5) is 10.1 Å². The molecule has 0 spiro atoms. The van der Waals surface area contributed by atoms with Gasteiger partial charge in [0, 0.05) is 68.5 Å². The molecule has 0 unspecified atom stereocenters. The molecule has 2 saturated heterocycles.